The van der Waals surface area contributed by atoms with Gasteiger partial charge in [-0.1, -0.05) is 97.1 Å². The van der Waals surface area contributed by atoms with Crippen molar-refractivity contribution in [2.45, 2.75) is 43.5 Å². The lowest BCUT2D eigenvalue weighted by atomic mass is 9.80. The molecule has 7 rings (SSSR count). The van der Waals surface area contributed by atoms with Crippen molar-refractivity contribution in [3.8, 4) is 0 Å². The molecule has 206 valence electrons. The Bertz CT molecular complexity index is 1610. The summed E-state index contributed by atoms with van der Waals surface area (Å²) in [7, 11) is 0. The molecule has 0 radical (unpaired) electrons. The Hall–Kier alpha value is -4.37. The van der Waals surface area contributed by atoms with Crippen LogP contribution in [0.3, 0.4) is 0 Å². The van der Waals surface area contributed by atoms with Gasteiger partial charge in [-0.15, -0.1) is 0 Å². The van der Waals surface area contributed by atoms with Gasteiger partial charge in [-0.3, -0.25) is 0 Å². The molecule has 5 aromatic rings. The highest BCUT2D eigenvalue weighted by atomic mass is 16.8. The Morgan fingerprint density at radius 1 is 0.829 bits per heavy atom. The van der Waals surface area contributed by atoms with Gasteiger partial charge in [0.1, 0.15) is 29.7 Å². The van der Waals surface area contributed by atoms with E-state index < -0.39 is 11.4 Å². The molecule has 1 aliphatic heterocycles. The SMILES string of the molecule is CC1(C)O[C@@H]2[C@H](O1)C(COC(c1ccccc1)(c1ccccc1)c1ccccc1)=C[C@H]2n1cnc2c(N)ncnc21. The second-order valence-corrected chi connectivity index (χ2v) is 10.9. The van der Waals surface area contributed by atoms with E-state index >= 15 is 0 Å². The van der Waals surface area contributed by atoms with E-state index in [1.165, 1.54) is 6.33 Å². The van der Waals surface area contributed by atoms with Crippen LogP contribution < -0.4 is 5.73 Å². The van der Waals surface area contributed by atoms with Crippen LogP contribution >= 0.6 is 0 Å². The van der Waals surface area contributed by atoms with Gasteiger partial charge < -0.3 is 24.5 Å². The van der Waals surface area contributed by atoms with E-state index in [0.29, 0.717) is 23.6 Å². The number of nitrogens with two attached hydrogens (primary N) is 1. The standard InChI is InChI=1S/C33H31N5O3/c1-32(2)40-28-22(18-26(29(28)41-32)38-21-37-27-30(34)35-20-36-31(27)38)19-39-33(23-12-6-3-7-13-23,24-14-8-4-9-15-24)25-16-10-5-11-17-25/h3-18,20-21,26,28-29H,19H2,1-2H3,(H2,34,35,36)/t26-,28-,29+/m1/s1. The first-order chi connectivity index (χ1) is 20.0. The lowest BCUT2D eigenvalue weighted by Gasteiger charge is -2.36. The van der Waals surface area contributed by atoms with E-state index in [-0.39, 0.29) is 18.2 Å². The highest BCUT2D eigenvalue weighted by Crippen LogP contribution is 2.46. The Morgan fingerprint density at radius 2 is 1.41 bits per heavy atom. The summed E-state index contributed by atoms with van der Waals surface area (Å²) in [4.78, 5) is 13.1. The van der Waals surface area contributed by atoms with E-state index in [0.717, 1.165) is 22.3 Å². The molecule has 2 aromatic heterocycles. The van der Waals surface area contributed by atoms with Crippen molar-refractivity contribution in [3.05, 3.63) is 132 Å². The molecule has 8 heteroatoms. The molecule has 0 spiro atoms. The van der Waals surface area contributed by atoms with Gasteiger partial charge >= 0.3 is 0 Å². The fraction of sp³-hybridized carbons (Fsp3) is 0.242. The first-order valence-corrected chi connectivity index (χ1v) is 13.8. The molecule has 3 aromatic carbocycles. The summed E-state index contributed by atoms with van der Waals surface area (Å²) in [5.41, 5.74) is 10.6. The lowest BCUT2D eigenvalue weighted by molar-refractivity contribution is -0.148. The van der Waals surface area contributed by atoms with Gasteiger partial charge in [-0.2, -0.15) is 0 Å². The van der Waals surface area contributed by atoms with Crippen molar-refractivity contribution >= 4 is 17.0 Å². The predicted molar refractivity (Wildman–Crippen MR) is 156 cm³/mol. The third kappa shape index (κ3) is 4.32. The van der Waals surface area contributed by atoms with Gasteiger partial charge in [-0.25, -0.2) is 15.0 Å². The number of hydrogen-bond acceptors (Lipinski definition) is 7. The minimum Gasteiger partial charge on any atom is -0.382 e. The molecular weight excluding hydrogens is 514 g/mol. The van der Waals surface area contributed by atoms with Gasteiger partial charge in [0.2, 0.25) is 0 Å². The molecule has 3 atom stereocenters. The Morgan fingerprint density at radius 3 is 2.00 bits per heavy atom. The molecule has 1 saturated heterocycles. The summed E-state index contributed by atoms with van der Waals surface area (Å²) < 4.78 is 22.1. The number of aromatic nitrogens is 4. The van der Waals surface area contributed by atoms with Crippen LogP contribution in [0.15, 0.2) is 115 Å². The first-order valence-electron chi connectivity index (χ1n) is 13.8. The Labute approximate surface area is 238 Å². The predicted octanol–water partition coefficient (Wildman–Crippen LogP) is 5.42. The van der Waals surface area contributed by atoms with Crippen molar-refractivity contribution in [2.75, 3.05) is 12.3 Å². The van der Waals surface area contributed by atoms with E-state index in [2.05, 4.69) is 57.4 Å². The van der Waals surface area contributed by atoms with E-state index in [1.54, 1.807) is 6.33 Å². The minimum absolute atomic E-state index is 0.209. The summed E-state index contributed by atoms with van der Waals surface area (Å²) in [6.07, 6.45) is 4.79. The summed E-state index contributed by atoms with van der Waals surface area (Å²) in [6, 6.07) is 30.9. The first kappa shape index (κ1) is 25.6. The number of nitrogens with zero attached hydrogens (tertiary/aromatic N) is 4. The van der Waals surface area contributed by atoms with Crippen molar-refractivity contribution in [1.82, 2.24) is 19.5 Å². The maximum atomic E-state index is 7.15. The molecule has 0 unspecified atom stereocenters. The molecule has 2 aliphatic rings. The highest BCUT2D eigenvalue weighted by Gasteiger charge is 2.51. The van der Waals surface area contributed by atoms with Gasteiger partial charge in [0.25, 0.3) is 0 Å². The van der Waals surface area contributed by atoms with Gasteiger partial charge in [0.15, 0.2) is 17.3 Å². The summed E-state index contributed by atoms with van der Waals surface area (Å²) >= 11 is 0. The van der Waals surface area contributed by atoms with Crippen LogP contribution in [0, 0.1) is 0 Å². The van der Waals surface area contributed by atoms with Gasteiger partial charge in [-0.05, 0) is 36.1 Å². The van der Waals surface area contributed by atoms with Crippen LogP contribution in [0.25, 0.3) is 11.2 Å². The van der Waals surface area contributed by atoms with Crippen LogP contribution in [0.5, 0.6) is 0 Å². The Kier molecular flexibility index (Phi) is 6.19. The van der Waals surface area contributed by atoms with E-state index in [9.17, 15) is 0 Å². The zero-order valence-corrected chi connectivity index (χ0v) is 22.9. The molecule has 1 aliphatic carbocycles. The molecule has 1 fully saturated rings. The number of ether oxygens (including phenoxy) is 3. The molecular formula is C33H31N5O3. The largest absolute Gasteiger partial charge is 0.382 e. The van der Waals surface area contributed by atoms with Crippen molar-refractivity contribution in [3.63, 3.8) is 0 Å². The summed E-state index contributed by atoms with van der Waals surface area (Å²) in [6.45, 7) is 4.20. The van der Waals surface area contributed by atoms with E-state index in [4.69, 9.17) is 19.9 Å². The smallest absolute Gasteiger partial charge is 0.166 e. The van der Waals surface area contributed by atoms with Crippen LogP contribution in [0.2, 0.25) is 0 Å². The topological polar surface area (TPSA) is 97.3 Å². The molecule has 8 nitrogen and oxygen atoms in total. The quantitative estimate of drug-likeness (QED) is 0.215. The third-order valence-corrected chi connectivity index (χ3v) is 7.92. The second-order valence-electron chi connectivity index (χ2n) is 10.9. The normalized spacial score (nSPS) is 21.6. The molecule has 41 heavy (non-hydrogen) atoms. The number of rotatable bonds is 7. The lowest BCUT2D eigenvalue weighted by Crippen LogP contribution is -2.35. The van der Waals surface area contributed by atoms with Crippen LogP contribution in [0.1, 0.15) is 36.6 Å². The number of benzene rings is 3. The molecule has 2 N–H and O–H groups in total. The number of anilines is 1. The average Bonchev–Trinajstić information content (AvgIpc) is 3.67. The zero-order chi connectivity index (χ0) is 28.0. The van der Waals surface area contributed by atoms with Crippen molar-refractivity contribution in [2.24, 2.45) is 0 Å². The Balaban J connectivity index is 1.33. The zero-order valence-electron chi connectivity index (χ0n) is 22.9. The number of imidazole rings is 1. The number of fused-ring (bicyclic) bond motifs is 2. The maximum absolute atomic E-state index is 7.15. The molecule has 3 heterocycles. The fourth-order valence-electron chi connectivity index (χ4n) is 6.15. The van der Waals surface area contributed by atoms with E-state index in [1.807, 2.05) is 73.0 Å². The molecule has 0 amide bonds. The average molecular weight is 546 g/mol. The number of nitrogen functional groups attached to an aromatic ring is 1. The third-order valence-electron chi connectivity index (χ3n) is 7.92. The van der Waals surface area contributed by atoms with Gasteiger partial charge in [0.05, 0.1) is 19.0 Å². The highest BCUT2D eigenvalue weighted by molar-refractivity contribution is 5.81. The minimum atomic E-state index is -0.851. The molecule has 0 bridgehead atoms. The molecule has 0 saturated carbocycles. The van der Waals surface area contributed by atoms with Crippen LogP contribution in [-0.2, 0) is 19.8 Å². The van der Waals surface area contributed by atoms with Crippen molar-refractivity contribution in [1.29, 1.82) is 0 Å². The second kappa shape index (κ2) is 9.92. The fourth-order valence-corrected chi connectivity index (χ4v) is 6.15. The maximum Gasteiger partial charge on any atom is 0.166 e. The summed E-state index contributed by atoms with van der Waals surface area (Å²) in [5.74, 6) is -0.412. The van der Waals surface area contributed by atoms with Crippen LogP contribution in [0.4, 0.5) is 5.82 Å². The number of hydrogen-bond donors (Lipinski definition) is 1. The van der Waals surface area contributed by atoms with Crippen molar-refractivity contribution < 1.29 is 14.2 Å². The van der Waals surface area contributed by atoms with Crippen LogP contribution in [-0.4, -0.2) is 44.1 Å². The van der Waals surface area contributed by atoms with Gasteiger partial charge in [0, 0.05) is 0 Å². The monoisotopic (exact) mass is 545 g/mol. The summed E-state index contributed by atoms with van der Waals surface area (Å²) in [5, 5.41) is 0.